The van der Waals surface area contributed by atoms with Crippen molar-refractivity contribution in [2.24, 2.45) is 0 Å². The van der Waals surface area contributed by atoms with E-state index in [4.69, 9.17) is 0 Å². The van der Waals surface area contributed by atoms with Crippen molar-refractivity contribution in [3.8, 4) is 0 Å². The summed E-state index contributed by atoms with van der Waals surface area (Å²) < 4.78 is 0. The van der Waals surface area contributed by atoms with Crippen LogP contribution in [0.1, 0.15) is 27.7 Å². The highest BCUT2D eigenvalue weighted by Gasteiger charge is 2.23. The van der Waals surface area contributed by atoms with Crippen LogP contribution in [0.25, 0.3) is 0 Å². The molecular formula is C8H18N2O2. The van der Waals surface area contributed by atoms with E-state index < -0.39 is 5.60 Å². The molecule has 2 amide bonds. The van der Waals surface area contributed by atoms with Crippen molar-refractivity contribution in [1.82, 2.24) is 10.6 Å². The van der Waals surface area contributed by atoms with Gasteiger partial charge in [-0.25, -0.2) is 4.79 Å². The number of aliphatic hydroxyl groups is 1. The first-order chi connectivity index (χ1) is 5.38. The highest BCUT2D eigenvalue weighted by molar-refractivity contribution is 5.74. The Morgan fingerprint density at radius 2 is 2.08 bits per heavy atom. The van der Waals surface area contributed by atoms with Crippen molar-refractivity contribution in [2.75, 3.05) is 6.54 Å². The van der Waals surface area contributed by atoms with Crippen LogP contribution in [0.2, 0.25) is 0 Å². The molecule has 12 heavy (non-hydrogen) atoms. The Morgan fingerprint density at radius 3 is 2.42 bits per heavy atom. The lowest BCUT2D eigenvalue weighted by Crippen LogP contribution is -2.50. The lowest BCUT2D eigenvalue weighted by atomic mass is 10.0. The summed E-state index contributed by atoms with van der Waals surface area (Å²) in [6, 6.07) is -0.504. The molecule has 0 radical (unpaired) electrons. The predicted molar refractivity (Wildman–Crippen MR) is 48.0 cm³/mol. The fraction of sp³-hybridized carbons (Fsp3) is 0.875. The van der Waals surface area contributed by atoms with Crippen molar-refractivity contribution < 1.29 is 9.90 Å². The first-order valence-electron chi connectivity index (χ1n) is 4.14. The van der Waals surface area contributed by atoms with Gasteiger partial charge >= 0.3 is 6.03 Å². The third kappa shape index (κ3) is 4.18. The van der Waals surface area contributed by atoms with Crippen molar-refractivity contribution in [1.29, 1.82) is 0 Å². The number of amides is 2. The maximum Gasteiger partial charge on any atom is 0.315 e. The monoisotopic (exact) mass is 174 g/mol. The number of rotatable bonds is 3. The molecule has 0 fully saturated rings. The summed E-state index contributed by atoms with van der Waals surface area (Å²) in [7, 11) is 0. The highest BCUT2D eigenvalue weighted by atomic mass is 16.3. The summed E-state index contributed by atoms with van der Waals surface area (Å²) >= 11 is 0. The van der Waals surface area contributed by atoms with Crippen molar-refractivity contribution in [2.45, 2.75) is 39.3 Å². The van der Waals surface area contributed by atoms with Gasteiger partial charge in [-0.3, -0.25) is 0 Å². The van der Waals surface area contributed by atoms with Gasteiger partial charge in [0.05, 0.1) is 11.6 Å². The molecule has 0 aliphatic rings. The van der Waals surface area contributed by atoms with Gasteiger partial charge in [0, 0.05) is 6.54 Å². The molecule has 0 heterocycles. The summed E-state index contributed by atoms with van der Waals surface area (Å²) in [5.74, 6) is 0. The van der Waals surface area contributed by atoms with Gasteiger partial charge in [-0.1, -0.05) is 0 Å². The quantitative estimate of drug-likeness (QED) is 0.582. The smallest absolute Gasteiger partial charge is 0.315 e. The van der Waals surface area contributed by atoms with Crippen LogP contribution in [-0.2, 0) is 0 Å². The Balaban J connectivity index is 3.84. The van der Waals surface area contributed by atoms with E-state index in [1.165, 1.54) is 0 Å². The Morgan fingerprint density at radius 1 is 1.58 bits per heavy atom. The second kappa shape index (κ2) is 4.30. The molecule has 0 aromatic rings. The van der Waals surface area contributed by atoms with Crippen LogP contribution in [0.3, 0.4) is 0 Å². The number of carbonyl (C=O) groups is 1. The van der Waals surface area contributed by atoms with E-state index in [-0.39, 0.29) is 12.1 Å². The van der Waals surface area contributed by atoms with Crippen LogP contribution in [0, 0.1) is 0 Å². The molecule has 0 aliphatic heterocycles. The molecule has 0 aromatic carbocycles. The molecule has 0 aromatic heterocycles. The van der Waals surface area contributed by atoms with Crippen LogP contribution in [-0.4, -0.2) is 29.3 Å². The summed E-state index contributed by atoms with van der Waals surface area (Å²) in [4.78, 5) is 11.0. The average molecular weight is 174 g/mol. The first kappa shape index (κ1) is 11.2. The molecule has 0 spiro atoms. The van der Waals surface area contributed by atoms with E-state index in [2.05, 4.69) is 10.6 Å². The molecule has 0 bridgehead atoms. The zero-order valence-corrected chi connectivity index (χ0v) is 8.14. The number of nitrogens with one attached hydrogen (secondary N) is 2. The van der Waals surface area contributed by atoms with Gasteiger partial charge in [0.2, 0.25) is 0 Å². The summed E-state index contributed by atoms with van der Waals surface area (Å²) in [5.41, 5.74) is -0.884. The minimum atomic E-state index is -0.884. The maximum absolute atomic E-state index is 11.0. The van der Waals surface area contributed by atoms with Gasteiger partial charge in [0.1, 0.15) is 0 Å². The molecule has 3 N–H and O–H groups in total. The summed E-state index contributed by atoms with van der Waals surface area (Å²) in [6.07, 6.45) is 0. The largest absolute Gasteiger partial charge is 0.388 e. The Labute approximate surface area is 73.3 Å². The van der Waals surface area contributed by atoms with Crippen molar-refractivity contribution in [3.05, 3.63) is 0 Å². The second-order valence-corrected chi connectivity index (χ2v) is 3.38. The normalized spacial score (nSPS) is 13.8. The zero-order chi connectivity index (χ0) is 9.78. The van der Waals surface area contributed by atoms with E-state index in [1.807, 2.05) is 6.92 Å². The Hall–Kier alpha value is -0.770. The lowest BCUT2D eigenvalue weighted by molar-refractivity contribution is 0.0478. The first-order valence-corrected chi connectivity index (χ1v) is 4.14. The lowest BCUT2D eigenvalue weighted by Gasteiger charge is -2.26. The molecule has 0 saturated carbocycles. The third-order valence-electron chi connectivity index (χ3n) is 1.74. The van der Waals surface area contributed by atoms with Crippen LogP contribution in [0.15, 0.2) is 0 Å². The molecular weight excluding hydrogens is 156 g/mol. The molecule has 4 nitrogen and oxygen atoms in total. The van der Waals surface area contributed by atoms with Gasteiger partial charge in [0.15, 0.2) is 0 Å². The number of carbonyl (C=O) groups excluding carboxylic acids is 1. The van der Waals surface area contributed by atoms with Crippen LogP contribution in [0.5, 0.6) is 0 Å². The van der Waals surface area contributed by atoms with Crippen molar-refractivity contribution >= 4 is 6.03 Å². The van der Waals surface area contributed by atoms with Gasteiger partial charge in [-0.2, -0.15) is 0 Å². The molecule has 1 atom stereocenters. The standard InChI is InChI=1S/C8H18N2O2/c1-5-9-7(11)10-6(2)8(3,4)12/h6,12H,5H2,1-4H3,(H2,9,10,11). The van der Waals surface area contributed by atoms with Crippen LogP contribution < -0.4 is 10.6 Å². The van der Waals surface area contributed by atoms with E-state index in [0.717, 1.165) is 0 Å². The van der Waals surface area contributed by atoms with Crippen LogP contribution >= 0.6 is 0 Å². The minimum Gasteiger partial charge on any atom is -0.388 e. The SMILES string of the molecule is CCNC(=O)NC(C)C(C)(C)O. The number of urea groups is 1. The predicted octanol–water partition coefficient (Wildman–Crippen LogP) is 0.465. The molecule has 0 saturated heterocycles. The Bertz CT molecular complexity index is 152. The van der Waals surface area contributed by atoms with E-state index in [1.54, 1.807) is 20.8 Å². The third-order valence-corrected chi connectivity index (χ3v) is 1.74. The van der Waals surface area contributed by atoms with E-state index in [0.29, 0.717) is 6.54 Å². The Kier molecular flexibility index (Phi) is 4.03. The average Bonchev–Trinajstić information content (AvgIpc) is 1.85. The molecule has 0 rings (SSSR count). The van der Waals surface area contributed by atoms with Crippen molar-refractivity contribution in [3.63, 3.8) is 0 Å². The molecule has 72 valence electrons. The highest BCUT2D eigenvalue weighted by Crippen LogP contribution is 2.06. The van der Waals surface area contributed by atoms with Gasteiger partial charge < -0.3 is 15.7 Å². The molecule has 0 aliphatic carbocycles. The minimum absolute atomic E-state index is 0.243. The summed E-state index contributed by atoms with van der Waals surface area (Å²) in [5, 5.41) is 14.7. The van der Waals surface area contributed by atoms with E-state index >= 15 is 0 Å². The van der Waals surface area contributed by atoms with Gasteiger partial charge in [-0.05, 0) is 27.7 Å². The molecule has 1 unspecified atom stereocenters. The molecule has 4 heteroatoms. The topological polar surface area (TPSA) is 61.4 Å². The summed E-state index contributed by atoms with van der Waals surface area (Å²) in [6.45, 7) is 7.50. The number of hydrogen-bond donors (Lipinski definition) is 3. The van der Waals surface area contributed by atoms with E-state index in [9.17, 15) is 9.90 Å². The maximum atomic E-state index is 11.0. The number of hydrogen-bond acceptors (Lipinski definition) is 2. The fourth-order valence-corrected chi connectivity index (χ4v) is 0.585. The zero-order valence-electron chi connectivity index (χ0n) is 8.14. The fourth-order valence-electron chi connectivity index (χ4n) is 0.585. The van der Waals surface area contributed by atoms with Gasteiger partial charge in [-0.15, -0.1) is 0 Å². The van der Waals surface area contributed by atoms with Gasteiger partial charge in [0.25, 0.3) is 0 Å². The second-order valence-electron chi connectivity index (χ2n) is 3.38. The van der Waals surface area contributed by atoms with Crippen LogP contribution in [0.4, 0.5) is 4.79 Å².